The summed E-state index contributed by atoms with van der Waals surface area (Å²) in [6.07, 6.45) is 4.30. The monoisotopic (exact) mass is 141 g/mol. The van der Waals surface area contributed by atoms with Crippen molar-refractivity contribution in [2.75, 3.05) is 13.1 Å². The Morgan fingerprint density at radius 2 is 2.10 bits per heavy atom. The van der Waals surface area contributed by atoms with Gasteiger partial charge in [-0.25, -0.2) is 0 Å². The van der Waals surface area contributed by atoms with Gasteiger partial charge in [-0.05, 0) is 31.3 Å². The summed E-state index contributed by atoms with van der Waals surface area (Å²) in [6, 6.07) is 0. The van der Waals surface area contributed by atoms with Crippen LogP contribution in [0.4, 0.5) is 0 Å². The highest BCUT2D eigenvalue weighted by atomic mass is 14.9. The molecule has 0 radical (unpaired) electrons. The van der Waals surface area contributed by atoms with Crippen molar-refractivity contribution in [1.82, 2.24) is 5.32 Å². The molecular weight excluding hydrogens is 122 g/mol. The molecule has 1 saturated heterocycles. The molecule has 1 heteroatoms. The first-order valence-electron chi connectivity index (χ1n) is 4.49. The van der Waals surface area contributed by atoms with Crippen LogP contribution in [-0.4, -0.2) is 13.1 Å². The summed E-state index contributed by atoms with van der Waals surface area (Å²) in [5.41, 5.74) is 0. The number of hydrogen-bond acceptors (Lipinski definition) is 1. The van der Waals surface area contributed by atoms with Gasteiger partial charge in [-0.2, -0.15) is 0 Å². The van der Waals surface area contributed by atoms with E-state index in [1.54, 1.807) is 0 Å². The Morgan fingerprint density at radius 1 is 1.40 bits per heavy atom. The van der Waals surface area contributed by atoms with Crippen molar-refractivity contribution in [3.8, 4) is 0 Å². The molecule has 0 aromatic carbocycles. The highest BCUT2D eigenvalue weighted by molar-refractivity contribution is 4.74. The zero-order valence-corrected chi connectivity index (χ0v) is 7.19. The van der Waals surface area contributed by atoms with Crippen molar-refractivity contribution in [1.29, 1.82) is 0 Å². The number of nitrogens with one attached hydrogen (secondary N) is 1. The molecule has 0 atom stereocenters. The van der Waals surface area contributed by atoms with E-state index in [2.05, 4.69) is 19.2 Å². The molecule has 0 saturated carbocycles. The lowest BCUT2D eigenvalue weighted by Crippen LogP contribution is -2.41. The third-order valence-corrected chi connectivity index (χ3v) is 2.26. The summed E-state index contributed by atoms with van der Waals surface area (Å²) in [5.74, 6) is 1.91. The van der Waals surface area contributed by atoms with Crippen LogP contribution in [0.2, 0.25) is 0 Å². The highest BCUT2D eigenvalue weighted by Crippen LogP contribution is 2.15. The summed E-state index contributed by atoms with van der Waals surface area (Å²) >= 11 is 0. The van der Waals surface area contributed by atoms with Gasteiger partial charge in [0, 0.05) is 0 Å². The molecule has 0 amide bonds. The van der Waals surface area contributed by atoms with E-state index in [4.69, 9.17) is 0 Å². The van der Waals surface area contributed by atoms with Gasteiger partial charge in [-0.3, -0.25) is 0 Å². The van der Waals surface area contributed by atoms with E-state index >= 15 is 0 Å². The highest BCUT2D eigenvalue weighted by Gasteiger charge is 2.15. The summed E-state index contributed by atoms with van der Waals surface area (Å²) < 4.78 is 0. The quantitative estimate of drug-likeness (QED) is 0.631. The first-order valence-corrected chi connectivity index (χ1v) is 4.49. The normalized spacial score (nSPS) is 19.5. The predicted molar refractivity (Wildman–Crippen MR) is 45.0 cm³/mol. The fourth-order valence-corrected chi connectivity index (χ4v) is 1.37. The second-order valence-corrected chi connectivity index (χ2v) is 3.85. The van der Waals surface area contributed by atoms with E-state index in [-0.39, 0.29) is 0 Å². The molecule has 1 rings (SSSR count). The van der Waals surface area contributed by atoms with Crippen LogP contribution >= 0.6 is 0 Å². The molecule has 0 unspecified atom stereocenters. The Labute approximate surface area is 64.2 Å². The molecule has 10 heavy (non-hydrogen) atoms. The minimum atomic E-state index is 0.896. The van der Waals surface area contributed by atoms with Gasteiger partial charge in [0.05, 0.1) is 0 Å². The average Bonchev–Trinajstić information content (AvgIpc) is 1.75. The van der Waals surface area contributed by atoms with Gasteiger partial charge in [0.15, 0.2) is 0 Å². The van der Waals surface area contributed by atoms with Crippen molar-refractivity contribution >= 4 is 0 Å². The second-order valence-electron chi connectivity index (χ2n) is 3.85. The maximum Gasteiger partial charge on any atom is -0.000826 e. The Kier molecular flexibility index (Phi) is 3.20. The summed E-state index contributed by atoms with van der Waals surface area (Å²) in [6.45, 7) is 7.16. The first kappa shape index (κ1) is 8.06. The number of hydrogen-bond donors (Lipinski definition) is 1. The molecule has 0 bridgehead atoms. The van der Waals surface area contributed by atoms with Crippen molar-refractivity contribution in [2.45, 2.75) is 33.1 Å². The van der Waals surface area contributed by atoms with Crippen molar-refractivity contribution in [2.24, 2.45) is 11.8 Å². The lowest BCUT2D eigenvalue weighted by atomic mass is 9.94. The van der Waals surface area contributed by atoms with Crippen molar-refractivity contribution in [3.63, 3.8) is 0 Å². The third kappa shape index (κ3) is 2.70. The summed E-state index contributed by atoms with van der Waals surface area (Å²) in [7, 11) is 0. The number of rotatable bonds is 4. The van der Waals surface area contributed by atoms with Crippen molar-refractivity contribution in [3.05, 3.63) is 0 Å². The fraction of sp³-hybridized carbons (Fsp3) is 1.00. The first-order chi connectivity index (χ1) is 4.79. The summed E-state index contributed by atoms with van der Waals surface area (Å²) in [4.78, 5) is 0. The summed E-state index contributed by atoms with van der Waals surface area (Å²) in [5, 5.41) is 3.30. The molecule has 1 N–H and O–H groups in total. The van der Waals surface area contributed by atoms with Gasteiger partial charge in [-0.1, -0.05) is 26.7 Å². The molecule has 60 valence electrons. The van der Waals surface area contributed by atoms with E-state index in [0.717, 1.165) is 11.8 Å². The van der Waals surface area contributed by atoms with Gasteiger partial charge in [0.25, 0.3) is 0 Å². The van der Waals surface area contributed by atoms with E-state index < -0.39 is 0 Å². The predicted octanol–water partition coefficient (Wildman–Crippen LogP) is 2.03. The Balaban J connectivity index is 1.85. The van der Waals surface area contributed by atoms with E-state index in [0.29, 0.717) is 0 Å². The molecular formula is C9H19N. The van der Waals surface area contributed by atoms with Crippen LogP contribution in [-0.2, 0) is 0 Å². The Bertz CT molecular complexity index is 84.7. The topological polar surface area (TPSA) is 12.0 Å². The van der Waals surface area contributed by atoms with Crippen LogP contribution in [0.1, 0.15) is 33.1 Å². The minimum Gasteiger partial charge on any atom is -0.316 e. The van der Waals surface area contributed by atoms with Crippen LogP contribution in [0.25, 0.3) is 0 Å². The second kappa shape index (κ2) is 3.97. The van der Waals surface area contributed by atoms with Gasteiger partial charge in [0.2, 0.25) is 0 Å². The average molecular weight is 141 g/mol. The largest absolute Gasteiger partial charge is 0.316 e. The SMILES string of the molecule is CC(C)CCCC1CNC1. The molecule has 0 spiro atoms. The van der Waals surface area contributed by atoms with E-state index in [9.17, 15) is 0 Å². The smallest absolute Gasteiger partial charge is 0.000826 e. The van der Waals surface area contributed by atoms with Gasteiger partial charge < -0.3 is 5.32 Å². The molecule has 1 heterocycles. The molecule has 0 aromatic heterocycles. The molecule has 1 nitrogen and oxygen atoms in total. The standard InChI is InChI=1S/C9H19N/c1-8(2)4-3-5-9-6-10-7-9/h8-10H,3-7H2,1-2H3. The van der Waals surface area contributed by atoms with E-state index in [1.807, 2.05) is 0 Å². The van der Waals surface area contributed by atoms with Crippen LogP contribution in [0.5, 0.6) is 0 Å². The lowest BCUT2D eigenvalue weighted by Gasteiger charge is -2.27. The molecule has 1 aliphatic heterocycles. The van der Waals surface area contributed by atoms with Crippen LogP contribution in [0.15, 0.2) is 0 Å². The zero-order chi connectivity index (χ0) is 7.40. The van der Waals surface area contributed by atoms with Crippen LogP contribution < -0.4 is 5.32 Å². The van der Waals surface area contributed by atoms with Gasteiger partial charge >= 0.3 is 0 Å². The van der Waals surface area contributed by atoms with Gasteiger partial charge in [-0.15, -0.1) is 0 Å². The Morgan fingerprint density at radius 3 is 2.50 bits per heavy atom. The molecule has 1 fully saturated rings. The molecule has 0 aromatic rings. The zero-order valence-electron chi connectivity index (χ0n) is 7.19. The molecule has 1 aliphatic rings. The lowest BCUT2D eigenvalue weighted by molar-refractivity contribution is 0.311. The Hall–Kier alpha value is -0.0400. The minimum absolute atomic E-state index is 0.896. The van der Waals surface area contributed by atoms with E-state index in [1.165, 1.54) is 32.4 Å². The fourth-order valence-electron chi connectivity index (χ4n) is 1.37. The maximum absolute atomic E-state index is 3.30. The maximum atomic E-state index is 3.30. The molecule has 0 aliphatic carbocycles. The van der Waals surface area contributed by atoms with Gasteiger partial charge in [0.1, 0.15) is 0 Å². The van der Waals surface area contributed by atoms with Crippen LogP contribution in [0, 0.1) is 11.8 Å². The van der Waals surface area contributed by atoms with Crippen molar-refractivity contribution < 1.29 is 0 Å². The third-order valence-electron chi connectivity index (χ3n) is 2.26. The van der Waals surface area contributed by atoms with Crippen LogP contribution in [0.3, 0.4) is 0 Å².